The third kappa shape index (κ3) is 7.45. The van der Waals surface area contributed by atoms with Crippen molar-refractivity contribution in [2.45, 2.75) is 57.2 Å². The van der Waals surface area contributed by atoms with Crippen LogP contribution in [-0.2, 0) is 25.5 Å². The molecule has 0 unspecified atom stereocenters. The number of hydrogen-bond acceptors (Lipinski definition) is 6. The number of carbonyl (C=O) groups excluding carboxylic acids is 3. The number of hydrogen-bond donors (Lipinski definition) is 3. The zero-order valence-corrected chi connectivity index (χ0v) is 21.8. The second-order valence-corrected chi connectivity index (χ2v) is 10.7. The number of anilines is 1. The summed E-state index contributed by atoms with van der Waals surface area (Å²) in [6.07, 6.45) is -0.206. The number of ether oxygens (including phenoxy) is 1. The molecule has 198 valence electrons. The fourth-order valence-electron chi connectivity index (χ4n) is 3.82. The minimum atomic E-state index is -1.07. The molecule has 1 heterocycles. The zero-order chi connectivity index (χ0) is 27.3. The van der Waals surface area contributed by atoms with Crippen molar-refractivity contribution in [3.05, 3.63) is 65.5 Å². The molecule has 0 spiro atoms. The molecule has 1 saturated heterocycles. The number of halogens is 1. The fourth-order valence-corrected chi connectivity index (χ4v) is 5.27. The molecule has 3 rings (SSSR count). The third-order valence-corrected chi connectivity index (χ3v) is 6.67. The van der Waals surface area contributed by atoms with Gasteiger partial charge in [0.15, 0.2) is 0 Å². The van der Waals surface area contributed by atoms with Crippen LogP contribution in [0.15, 0.2) is 48.5 Å². The van der Waals surface area contributed by atoms with E-state index in [2.05, 4.69) is 10.6 Å². The molecule has 9 nitrogen and oxygen atoms in total. The Balaban J connectivity index is 1.78. The van der Waals surface area contributed by atoms with Crippen molar-refractivity contribution < 1.29 is 33.4 Å². The summed E-state index contributed by atoms with van der Waals surface area (Å²) >= 11 is 1.24. The minimum absolute atomic E-state index is 0.203. The lowest BCUT2D eigenvalue weighted by molar-refractivity contribution is -0.164. The molecule has 1 fully saturated rings. The Morgan fingerprint density at radius 2 is 1.86 bits per heavy atom. The smallest absolute Gasteiger partial charge is 0.330 e. The highest BCUT2D eigenvalue weighted by molar-refractivity contribution is 7.99. The SMILES string of the molecule is C[C@H](NC(=O)Nc1cccc(CC(=O)O)c1)C(=O)N1[C@@H](c2ccccc2F)SC[C@H]1C(=O)OC(C)(C)C. The predicted octanol–water partition coefficient (Wildman–Crippen LogP) is 3.95. The monoisotopic (exact) mass is 531 g/mol. The lowest BCUT2D eigenvalue weighted by Crippen LogP contribution is -2.53. The van der Waals surface area contributed by atoms with Crippen LogP contribution in [0.5, 0.6) is 0 Å². The van der Waals surface area contributed by atoms with E-state index in [1.54, 1.807) is 51.1 Å². The summed E-state index contributed by atoms with van der Waals surface area (Å²) in [5.74, 6) is -2.51. The van der Waals surface area contributed by atoms with Crippen molar-refractivity contribution in [1.29, 1.82) is 0 Å². The van der Waals surface area contributed by atoms with E-state index in [1.807, 2.05) is 0 Å². The standard InChI is InChI=1S/C26H30FN3O6S/c1-15(28-25(35)29-17-9-7-8-16(12-17)13-21(31)32)22(33)30-20(24(34)36-26(2,3)4)14-37-23(30)18-10-5-6-11-19(18)27/h5-12,15,20,23H,13-14H2,1-4H3,(H,31,32)(H2,28,29,35)/t15-,20-,23+/m0/s1. The van der Waals surface area contributed by atoms with Crippen molar-refractivity contribution in [1.82, 2.24) is 10.2 Å². The molecule has 37 heavy (non-hydrogen) atoms. The second-order valence-electron chi connectivity index (χ2n) is 9.59. The molecule has 3 amide bonds. The summed E-state index contributed by atoms with van der Waals surface area (Å²) in [6, 6.07) is 9.62. The van der Waals surface area contributed by atoms with Crippen molar-refractivity contribution in [3.63, 3.8) is 0 Å². The van der Waals surface area contributed by atoms with Crippen LogP contribution in [0.3, 0.4) is 0 Å². The molecule has 0 bridgehead atoms. The van der Waals surface area contributed by atoms with Crippen LogP contribution in [0.2, 0.25) is 0 Å². The van der Waals surface area contributed by atoms with Crippen molar-refractivity contribution in [2.24, 2.45) is 0 Å². The van der Waals surface area contributed by atoms with Gasteiger partial charge in [0.2, 0.25) is 5.91 Å². The van der Waals surface area contributed by atoms with E-state index < -0.39 is 52.8 Å². The Labute approximate surface area is 218 Å². The first kappa shape index (κ1) is 28.0. The number of carbonyl (C=O) groups is 4. The molecule has 0 radical (unpaired) electrons. The Kier molecular flexibility index (Phi) is 8.80. The van der Waals surface area contributed by atoms with Crippen LogP contribution in [-0.4, -0.2) is 57.3 Å². The molecular weight excluding hydrogens is 501 g/mol. The number of carboxylic acid groups (broad SMARTS) is 1. The summed E-state index contributed by atoms with van der Waals surface area (Å²) < 4.78 is 20.2. The van der Waals surface area contributed by atoms with Gasteiger partial charge in [0, 0.05) is 17.0 Å². The number of nitrogens with one attached hydrogen (secondary N) is 2. The Morgan fingerprint density at radius 1 is 1.16 bits per heavy atom. The van der Waals surface area contributed by atoms with E-state index in [4.69, 9.17) is 9.84 Å². The van der Waals surface area contributed by atoms with E-state index in [1.165, 1.54) is 41.8 Å². The van der Waals surface area contributed by atoms with Gasteiger partial charge in [-0.1, -0.05) is 30.3 Å². The molecule has 0 saturated carbocycles. The second kappa shape index (κ2) is 11.6. The fraction of sp³-hybridized carbons (Fsp3) is 0.385. The molecule has 2 aromatic rings. The Morgan fingerprint density at radius 3 is 2.51 bits per heavy atom. The van der Waals surface area contributed by atoms with E-state index in [9.17, 15) is 23.6 Å². The summed E-state index contributed by atoms with van der Waals surface area (Å²) in [7, 11) is 0. The number of carboxylic acids is 1. The average Bonchev–Trinajstić information content (AvgIpc) is 3.22. The van der Waals surface area contributed by atoms with Gasteiger partial charge in [0.05, 0.1) is 6.42 Å². The van der Waals surface area contributed by atoms with E-state index in [-0.39, 0.29) is 17.7 Å². The van der Waals surface area contributed by atoms with Crippen molar-refractivity contribution >= 4 is 41.3 Å². The maximum absolute atomic E-state index is 14.7. The van der Waals surface area contributed by atoms with Crippen molar-refractivity contribution in [2.75, 3.05) is 11.1 Å². The first-order valence-electron chi connectivity index (χ1n) is 11.6. The maximum Gasteiger partial charge on any atom is 0.330 e. The molecule has 0 aliphatic carbocycles. The first-order valence-corrected chi connectivity index (χ1v) is 12.7. The van der Waals surface area contributed by atoms with Gasteiger partial charge in [-0.25, -0.2) is 14.0 Å². The van der Waals surface area contributed by atoms with Gasteiger partial charge in [-0.15, -0.1) is 11.8 Å². The van der Waals surface area contributed by atoms with Crippen LogP contribution in [0, 0.1) is 5.82 Å². The lowest BCUT2D eigenvalue weighted by atomic mass is 10.1. The van der Waals surface area contributed by atoms with E-state index in [0.29, 0.717) is 11.3 Å². The van der Waals surface area contributed by atoms with Crippen LogP contribution in [0.25, 0.3) is 0 Å². The summed E-state index contributed by atoms with van der Waals surface area (Å²) in [4.78, 5) is 51.4. The number of amides is 3. The molecule has 3 N–H and O–H groups in total. The lowest BCUT2D eigenvalue weighted by Gasteiger charge is -2.32. The molecule has 1 aliphatic rings. The molecule has 2 aromatic carbocycles. The topological polar surface area (TPSA) is 125 Å². The Hall–Kier alpha value is -3.60. The number of aliphatic carboxylic acids is 1. The molecular formula is C26H30FN3O6S. The number of nitrogens with zero attached hydrogens (tertiary/aromatic N) is 1. The van der Waals surface area contributed by atoms with E-state index >= 15 is 0 Å². The normalized spacial score (nSPS) is 18.1. The van der Waals surface area contributed by atoms with Crippen molar-refractivity contribution in [3.8, 4) is 0 Å². The van der Waals surface area contributed by atoms with Crippen LogP contribution in [0.4, 0.5) is 14.9 Å². The van der Waals surface area contributed by atoms with Crippen LogP contribution in [0.1, 0.15) is 44.2 Å². The summed E-state index contributed by atoms with van der Waals surface area (Å²) in [5.41, 5.74) is 0.310. The molecule has 0 aromatic heterocycles. The quantitative estimate of drug-likeness (QED) is 0.462. The number of benzene rings is 2. The van der Waals surface area contributed by atoms with Gasteiger partial charge < -0.3 is 25.4 Å². The minimum Gasteiger partial charge on any atom is -0.481 e. The first-order chi connectivity index (χ1) is 17.4. The van der Waals surface area contributed by atoms with Gasteiger partial charge in [-0.3, -0.25) is 9.59 Å². The van der Waals surface area contributed by atoms with Crippen LogP contribution < -0.4 is 10.6 Å². The zero-order valence-electron chi connectivity index (χ0n) is 21.0. The molecule has 3 atom stereocenters. The van der Waals surface area contributed by atoms with Gasteiger partial charge >= 0.3 is 18.0 Å². The van der Waals surface area contributed by atoms with Gasteiger partial charge in [0.1, 0.15) is 28.9 Å². The third-order valence-electron chi connectivity index (χ3n) is 5.36. The highest BCUT2D eigenvalue weighted by Gasteiger charge is 2.46. The summed E-state index contributed by atoms with van der Waals surface area (Å²) in [5, 5.41) is 13.3. The molecule has 11 heteroatoms. The van der Waals surface area contributed by atoms with Gasteiger partial charge in [-0.2, -0.15) is 0 Å². The van der Waals surface area contributed by atoms with Gasteiger partial charge in [-0.05, 0) is 51.5 Å². The van der Waals surface area contributed by atoms with Gasteiger partial charge in [0.25, 0.3) is 0 Å². The highest BCUT2D eigenvalue weighted by Crippen LogP contribution is 2.43. The van der Waals surface area contributed by atoms with Crippen LogP contribution >= 0.6 is 11.8 Å². The number of rotatable bonds is 7. The number of urea groups is 1. The highest BCUT2D eigenvalue weighted by atomic mass is 32.2. The largest absolute Gasteiger partial charge is 0.481 e. The van der Waals surface area contributed by atoms with E-state index in [0.717, 1.165) is 0 Å². The predicted molar refractivity (Wildman–Crippen MR) is 137 cm³/mol. The summed E-state index contributed by atoms with van der Waals surface area (Å²) in [6.45, 7) is 6.62. The average molecular weight is 532 g/mol. The number of esters is 1. The Bertz CT molecular complexity index is 1180. The molecule has 1 aliphatic heterocycles. The maximum atomic E-state index is 14.7. The number of thioether (sulfide) groups is 1.